The predicted molar refractivity (Wildman–Crippen MR) is 89.0 cm³/mol. The summed E-state index contributed by atoms with van der Waals surface area (Å²) in [6.07, 6.45) is 14.4. The van der Waals surface area contributed by atoms with Crippen LogP contribution in [0, 0.1) is 17.2 Å². The van der Waals surface area contributed by atoms with Gasteiger partial charge in [-0.05, 0) is 55.7 Å². The van der Waals surface area contributed by atoms with E-state index in [1.165, 1.54) is 56.9 Å². The Hall–Kier alpha value is -1.55. The summed E-state index contributed by atoms with van der Waals surface area (Å²) in [5, 5.41) is 8.81. The quantitative estimate of drug-likeness (QED) is 0.458. The van der Waals surface area contributed by atoms with Crippen molar-refractivity contribution in [1.29, 1.82) is 5.26 Å². The Balaban J connectivity index is 1.73. The predicted octanol–water partition coefficient (Wildman–Crippen LogP) is 5.80. The van der Waals surface area contributed by atoms with Crippen molar-refractivity contribution in [2.75, 3.05) is 0 Å². The second-order valence-corrected chi connectivity index (χ2v) is 6.31. The first-order valence-electron chi connectivity index (χ1n) is 8.48. The topological polar surface area (TPSA) is 23.8 Å². The van der Waals surface area contributed by atoms with Crippen molar-refractivity contribution in [2.24, 2.45) is 5.92 Å². The fraction of sp³-hybridized carbons (Fsp3) is 0.550. The molecule has 1 atom stereocenters. The molecule has 0 aliphatic heterocycles. The SMILES string of the molecule is CCCCCC1CC=C(CCc2ccc(C#N)cc2)CC1. The lowest BCUT2D eigenvalue weighted by Gasteiger charge is -2.22. The van der Waals surface area contributed by atoms with E-state index in [1.807, 2.05) is 12.1 Å². The molecule has 1 aliphatic rings. The Morgan fingerprint density at radius 1 is 1.14 bits per heavy atom. The van der Waals surface area contributed by atoms with Crippen molar-refractivity contribution >= 4 is 0 Å². The van der Waals surface area contributed by atoms with E-state index in [0.29, 0.717) is 0 Å². The number of rotatable bonds is 7. The Morgan fingerprint density at radius 3 is 2.57 bits per heavy atom. The molecule has 0 saturated carbocycles. The van der Waals surface area contributed by atoms with Crippen LogP contribution in [0.15, 0.2) is 35.9 Å². The molecule has 112 valence electrons. The number of unbranched alkanes of at least 4 members (excludes halogenated alkanes) is 2. The van der Waals surface area contributed by atoms with E-state index < -0.39 is 0 Å². The summed E-state index contributed by atoms with van der Waals surface area (Å²) in [7, 11) is 0. The molecule has 1 aromatic carbocycles. The maximum atomic E-state index is 8.81. The van der Waals surface area contributed by atoms with Gasteiger partial charge in [0, 0.05) is 0 Å². The van der Waals surface area contributed by atoms with E-state index >= 15 is 0 Å². The zero-order chi connectivity index (χ0) is 14.9. The van der Waals surface area contributed by atoms with E-state index in [-0.39, 0.29) is 0 Å². The summed E-state index contributed by atoms with van der Waals surface area (Å²) < 4.78 is 0. The zero-order valence-corrected chi connectivity index (χ0v) is 13.3. The fourth-order valence-corrected chi connectivity index (χ4v) is 3.17. The van der Waals surface area contributed by atoms with Crippen LogP contribution in [-0.4, -0.2) is 0 Å². The van der Waals surface area contributed by atoms with E-state index in [4.69, 9.17) is 5.26 Å². The molecule has 0 spiro atoms. The molecule has 2 rings (SSSR count). The molecule has 0 amide bonds. The van der Waals surface area contributed by atoms with Crippen LogP contribution in [0.4, 0.5) is 0 Å². The Bertz CT molecular complexity index is 490. The number of benzene rings is 1. The van der Waals surface area contributed by atoms with Gasteiger partial charge in [0.25, 0.3) is 0 Å². The van der Waals surface area contributed by atoms with Crippen molar-refractivity contribution < 1.29 is 0 Å². The fourth-order valence-electron chi connectivity index (χ4n) is 3.17. The summed E-state index contributed by atoms with van der Waals surface area (Å²) in [6.45, 7) is 2.28. The van der Waals surface area contributed by atoms with Crippen LogP contribution in [-0.2, 0) is 6.42 Å². The number of allylic oxidation sites excluding steroid dienone is 2. The number of hydrogen-bond donors (Lipinski definition) is 0. The summed E-state index contributed by atoms with van der Waals surface area (Å²) >= 11 is 0. The van der Waals surface area contributed by atoms with Crippen molar-refractivity contribution in [1.82, 2.24) is 0 Å². The van der Waals surface area contributed by atoms with Crippen molar-refractivity contribution in [3.63, 3.8) is 0 Å². The molecule has 0 aromatic heterocycles. The van der Waals surface area contributed by atoms with Gasteiger partial charge >= 0.3 is 0 Å². The van der Waals surface area contributed by atoms with E-state index in [0.717, 1.165) is 17.9 Å². The van der Waals surface area contributed by atoms with Crippen LogP contribution in [0.25, 0.3) is 0 Å². The Labute approximate surface area is 129 Å². The second-order valence-electron chi connectivity index (χ2n) is 6.31. The zero-order valence-electron chi connectivity index (χ0n) is 13.3. The molecule has 1 aromatic rings. The highest BCUT2D eigenvalue weighted by molar-refractivity contribution is 5.31. The third kappa shape index (κ3) is 5.38. The van der Waals surface area contributed by atoms with Crippen molar-refractivity contribution in [2.45, 2.75) is 64.7 Å². The largest absolute Gasteiger partial charge is 0.192 e. The van der Waals surface area contributed by atoms with E-state index in [2.05, 4.69) is 31.2 Å². The van der Waals surface area contributed by atoms with Crippen LogP contribution < -0.4 is 0 Å². The molecule has 1 aliphatic carbocycles. The van der Waals surface area contributed by atoms with E-state index in [1.54, 1.807) is 5.57 Å². The molecule has 1 unspecified atom stereocenters. The van der Waals surface area contributed by atoms with Gasteiger partial charge in [0.1, 0.15) is 0 Å². The smallest absolute Gasteiger partial charge is 0.0991 e. The van der Waals surface area contributed by atoms with Crippen LogP contribution in [0.5, 0.6) is 0 Å². The van der Waals surface area contributed by atoms with Gasteiger partial charge < -0.3 is 0 Å². The average molecular weight is 281 g/mol. The van der Waals surface area contributed by atoms with Crippen LogP contribution in [0.1, 0.15) is 69.4 Å². The minimum Gasteiger partial charge on any atom is -0.192 e. The molecule has 0 heterocycles. The maximum Gasteiger partial charge on any atom is 0.0991 e. The lowest BCUT2D eigenvalue weighted by Crippen LogP contribution is -2.06. The molecule has 0 fully saturated rings. The van der Waals surface area contributed by atoms with Crippen LogP contribution in [0.3, 0.4) is 0 Å². The highest BCUT2D eigenvalue weighted by Crippen LogP contribution is 2.29. The number of nitriles is 1. The average Bonchev–Trinajstić information content (AvgIpc) is 2.55. The standard InChI is InChI=1S/C20H27N/c1-2-3-4-5-17-6-8-18(9-7-17)10-11-19-12-14-20(16-21)15-13-19/h8,12-15,17H,2-7,9-11H2,1H3. The van der Waals surface area contributed by atoms with Gasteiger partial charge in [-0.2, -0.15) is 5.26 Å². The number of aryl methyl sites for hydroxylation is 1. The molecular formula is C20H27N. The minimum atomic E-state index is 0.755. The highest BCUT2D eigenvalue weighted by atomic mass is 14.2. The summed E-state index contributed by atoms with van der Waals surface area (Å²) in [5.74, 6) is 0.940. The van der Waals surface area contributed by atoms with Crippen LogP contribution in [0.2, 0.25) is 0 Å². The number of nitrogens with zero attached hydrogens (tertiary/aromatic N) is 1. The van der Waals surface area contributed by atoms with Gasteiger partial charge in [-0.1, -0.05) is 56.4 Å². The van der Waals surface area contributed by atoms with Gasteiger partial charge in [0.15, 0.2) is 0 Å². The highest BCUT2D eigenvalue weighted by Gasteiger charge is 2.13. The lowest BCUT2D eigenvalue weighted by molar-refractivity contribution is 0.413. The Morgan fingerprint density at radius 2 is 1.95 bits per heavy atom. The molecular weight excluding hydrogens is 254 g/mol. The van der Waals surface area contributed by atoms with Gasteiger partial charge in [-0.3, -0.25) is 0 Å². The number of hydrogen-bond acceptors (Lipinski definition) is 1. The summed E-state index contributed by atoms with van der Waals surface area (Å²) in [4.78, 5) is 0. The molecule has 0 saturated heterocycles. The van der Waals surface area contributed by atoms with Crippen molar-refractivity contribution in [3.8, 4) is 6.07 Å². The third-order valence-corrected chi connectivity index (χ3v) is 4.65. The molecule has 1 nitrogen and oxygen atoms in total. The second kappa shape index (κ2) is 8.67. The van der Waals surface area contributed by atoms with Crippen molar-refractivity contribution in [3.05, 3.63) is 47.0 Å². The molecule has 0 radical (unpaired) electrons. The minimum absolute atomic E-state index is 0.755. The maximum absolute atomic E-state index is 8.81. The van der Waals surface area contributed by atoms with Crippen LogP contribution >= 0.6 is 0 Å². The lowest BCUT2D eigenvalue weighted by atomic mass is 9.84. The first kappa shape index (κ1) is 15.8. The Kier molecular flexibility index (Phi) is 6.54. The molecule has 21 heavy (non-hydrogen) atoms. The first-order chi connectivity index (χ1) is 10.3. The monoisotopic (exact) mass is 281 g/mol. The van der Waals surface area contributed by atoms with Gasteiger partial charge in [-0.25, -0.2) is 0 Å². The first-order valence-corrected chi connectivity index (χ1v) is 8.48. The molecule has 1 heteroatoms. The van der Waals surface area contributed by atoms with Gasteiger partial charge in [0.05, 0.1) is 11.6 Å². The third-order valence-electron chi connectivity index (χ3n) is 4.65. The molecule has 0 N–H and O–H groups in total. The molecule has 0 bridgehead atoms. The summed E-state index contributed by atoms with van der Waals surface area (Å²) in [5.41, 5.74) is 3.75. The van der Waals surface area contributed by atoms with Gasteiger partial charge in [-0.15, -0.1) is 0 Å². The normalized spacial score (nSPS) is 18.1. The summed E-state index contributed by atoms with van der Waals surface area (Å²) in [6, 6.07) is 10.2. The van der Waals surface area contributed by atoms with Gasteiger partial charge in [0.2, 0.25) is 0 Å². The van der Waals surface area contributed by atoms with E-state index in [9.17, 15) is 0 Å².